The number of nitrogens with two attached hydrogens (primary N) is 1. The summed E-state index contributed by atoms with van der Waals surface area (Å²) in [5, 5.41) is 10.7. The Morgan fingerprint density at radius 2 is 2.40 bits per heavy atom. The monoisotopic (exact) mass is 144 g/mol. The minimum atomic E-state index is -0.942. The lowest BCUT2D eigenvalue weighted by molar-refractivity contribution is 0.162. The van der Waals surface area contributed by atoms with E-state index in [0.29, 0.717) is 12.5 Å². The van der Waals surface area contributed by atoms with Crippen LogP contribution in [0.15, 0.2) is 0 Å². The van der Waals surface area contributed by atoms with Crippen LogP contribution in [-0.2, 0) is 0 Å². The van der Waals surface area contributed by atoms with Gasteiger partial charge >= 0.3 is 6.09 Å². The van der Waals surface area contributed by atoms with E-state index in [1.54, 1.807) is 0 Å². The van der Waals surface area contributed by atoms with Crippen LogP contribution in [0.1, 0.15) is 12.8 Å². The van der Waals surface area contributed by atoms with E-state index in [9.17, 15) is 4.79 Å². The smallest absolute Gasteiger partial charge is 0.404 e. The van der Waals surface area contributed by atoms with E-state index >= 15 is 0 Å². The normalized spacial score (nSPS) is 30.9. The molecule has 0 aromatic rings. The zero-order valence-corrected chi connectivity index (χ0v) is 5.71. The lowest BCUT2D eigenvalue weighted by atomic mass is 9.80. The van der Waals surface area contributed by atoms with Crippen molar-refractivity contribution in [2.24, 2.45) is 11.7 Å². The molecule has 1 rings (SSSR count). The average molecular weight is 144 g/mol. The van der Waals surface area contributed by atoms with Gasteiger partial charge in [-0.2, -0.15) is 0 Å². The molecular weight excluding hydrogens is 132 g/mol. The van der Waals surface area contributed by atoms with E-state index < -0.39 is 6.09 Å². The van der Waals surface area contributed by atoms with Gasteiger partial charge in [-0.05, 0) is 25.3 Å². The van der Waals surface area contributed by atoms with Crippen molar-refractivity contribution in [2.45, 2.75) is 18.9 Å². The van der Waals surface area contributed by atoms with E-state index in [4.69, 9.17) is 10.8 Å². The lowest BCUT2D eigenvalue weighted by Gasteiger charge is -2.35. The molecule has 1 fully saturated rings. The Labute approximate surface area is 59.4 Å². The second kappa shape index (κ2) is 2.88. The van der Waals surface area contributed by atoms with Gasteiger partial charge in [0.2, 0.25) is 0 Å². The molecule has 0 aliphatic heterocycles. The minimum Gasteiger partial charge on any atom is -0.465 e. The average Bonchev–Trinajstić information content (AvgIpc) is 1.82. The number of hydrogen-bond acceptors (Lipinski definition) is 2. The molecule has 1 aliphatic rings. The molecule has 1 unspecified atom stereocenters. The van der Waals surface area contributed by atoms with Gasteiger partial charge in [-0.15, -0.1) is 0 Å². The molecule has 2 atom stereocenters. The standard InChI is InChI=1S/C6H12N2O2/c7-3-4-1-2-5(4)8-6(9)10/h4-5,8H,1-3,7H2,(H,9,10)/t4?,5-/m0/s1. The molecule has 4 N–H and O–H groups in total. The molecule has 0 bridgehead atoms. The Balaban J connectivity index is 2.23. The number of hydrogen-bond donors (Lipinski definition) is 3. The summed E-state index contributed by atoms with van der Waals surface area (Å²) in [5.41, 5.74) is 5.37. The highest BCUT2D eigenvalue weighted by Gasteiger charge is 2.30. The molecular formula is C6H12N2O2. The van der Waals surface area contributed by atoms with Crippen LogP contribution in [0.4, 0.5) is 4.79 Å². The fourth-order valence-corrected chi connectivity index (χ4v) is 1.20. The highest BCUT2D eigenvalue weighted by molar-refractivity contribution is 5.65. The Morgan fingerprint density at radius 1 is 1.70 bits per heavy atom. The summed E-state index contributed by atoms with van der Waals surface area (Å²) in [5.74, 6) is 0.371. The van der Waals surface area contributed by atoms with E-state index in [1.807, 2.05) is 0 Å². The zero-order chi connectivity index (χ0) is 7.56. The summed E-state index contributed by atoms with van der Waals surface area (Å²) in [7, 11) is 0. The van der Waals surface area contributed by atoms with Crippen molar-refractivity contribution < 1.29 is 9.90 Å². The van der Waals surface area contributed by atoms with E-state index in [1.165, 1.54) is 0 Å². The summed E-state index contributed by atoms with van der Waals surface area (Å²) in [4.78, 5) is 10.1. The maximum atomic E-state index is 10.1. The fraction of sp³-hybridized carbons (Fsp3) is 0.833. The van der Waals surface area contributed by atoms with E-state index in [2.05, 4.69) is 5.32 Å². The molecule has 0 aromatic carbocycles. The second-order valence-corrected chi connectivity index (χ2v) is 2.63. The molecule has 0 heterocycles. The third-order valence-corrected chi connectivity index (χ3v) is 2.03. The van der Waals surface area contributed by atoms with Gasteiger partial charge in [0.15, 0.2) is 0 Å². The van der Waals surface area contributed by atoms with Crippen LogP contribution in [0.25, 0.3) is 0 Å². The third-order valence-electron chi connectivity index (χ3n) is 2.03. The Morgan fingerprint density at radius 3 is 2.70 bits per heavy atom. The van der Waals surface area contributed by atoms with Crippen LogP contribution in [0, 0.1) is 5.92 Å². The topological polar surface area (TPSA) is 75.3 Å². The largest absolute Gasteiger partial charge is 0.465 e. The van der Waals surface area contributed by atoms with Crippen LogP contribution >= 0.6 is 0 Å². The molecule has 4 nitrogen and oxygen atoms in total. The highest BCUT2D eigenvalue weighted by atomic mass is 16.4. The van der Waals surface area contributed by atoms with Crippen molar-refractivity contribution in [3.63, 3.8) is 0 Å². The molecule has 1 aliphatic carbocycles. The van der Waals surface area contributed by atoms with Crippen LogP contribution in [0.2, 0.25) is 0 Å². The first-order chi connectivity index (χ1) is 4.74. The maximum absolute atomic E-state index is 10.1. The Kier molecular flexibility index (Phi) is 2.11. The predicted octanol–water partition coefficient (Wildman–Crippen LogP) is -0.00870. The van der Waals surface area contributed by atoms with Gasteiger partial charge < -0.3 is 16.2 Å². The van der Waals surface area contributed by atoms with Crippen molar-refractivity contribution in [3.8, 4) is 0 Å². The summed E-state index contributed by atoms with van der Waals surface area (Å²) in [6.45, 7) is 0.588. The van der Waals surface area contributed by atoms with Gasteiger partial charge in [0, 0.05) is 6.04 Å². The van der Waals surface area contributed by atoms with Crippen molar-refractivity contribution in [3.05, 3.63) is 0 Å². The number of rotatable bonds is 2. The van der Waals surface area contributed by atoms with E-state index in [0.717, 1.165) is 12.8 Å². The quantitative estimate of drug-likeness (QED) is 0.510. The van der Waals surface area contributed by atoms with Crippen molar-refractivity contribution in [2.75, 3.05) is 6.54 Å². The Bertz CT molecular complexity index is 136. The third kappa shape index (κ3) is 1.39. The number of nitrogens with one attached hydrogen (secondary N) is 1. The number of carbonyl (C=O) groups is 1. The highest BCUT2D eigenvalue weighted by Crippen LogP contribution is 2.25. The van der Waals surface area contributed by atoms with Gasteiger partial charge in [0.1, 0.15) is 0 Å². The van der Waals surface area contributed by atoms with Gasteiger partial charge in [0.25, 0.3) is 0 Å². The molecule has 4 heteroatoms. The van der Waals surface area contributed by atoms with Gasteiger partial charge in [-0.3, -0.25) is 0 Å². The maximum Gasteiger partial charge on any atom is 0.404 e. The first-order valence-electron chi connectivity index (χ1n) is 3.43. The van der Waals surface area contributed by atoms with Crippen LogP contribution in [0.3, 0.4) is 0 Å². The first kappa shape index (κ1) is 7.34. The van der Waals surface area contributed by atoms with Crippen molar-refractivity contribution >= 4 is 6.09 Å². The lowest BCUT2D eigenvalue weighted by Crippen LogP contribution is -2.49. The first-order valence-corrected chi connectivity index (χ1v) is 3.43. The molecule has 58 valence electrons. The fourth-order valence-electron chi connectivity index (χ4n) is 1.20. The van der Waals surface area contributed by atoms with Crippen LogP contribution < -0.4 is 11.1 Å². The van der Waals surface area contributed by atoms with Gasteiger partial charge in [0.05, 0.1) is 0 Å². The van der Waals surface area contributed by atoms with Gasteiger partial charge in [-0.1, -0.05) is 0 Å². The number of carboxylic acid groups (broad SMARTS) is 1. The molecule has 0 radical (unpaired) electrons. The molecule has 1 amide bonds. The second-order valence-electron chi connectivity index (χ2n) is 2.63. The Hall–Kier alpha value is -0.770. The van der Waals surface area contributed by atoms with Gasteiger partial charge in [-0.25, -0.2) is 4.79 Å². The summed E-state index contributed by atoms with van der Waals surface area (Å²) >= 11 is 0. The molecule has 0 spiro atoms. The summed E-state index contributed by atoms with van der Waals surface area (Å²) in [6, 6.07) is 0.113. The minimum absolute atomic E-state index is 0.113. The van der Waals surface area contributed by atoms with Crippen molar-refractivity contribution in [1.82, 2.24) is 5.32 Å². The van der Waals surface area contributed by atoms with Crippen molar-refractivity contribution in [1.29, 1.82) is 0 Å². The number of amides is 1. The van der Waals surface area contributed by atoms with Crippen LogP contribution in [0.5, 0.6) is 0 Å². The molecule has 1 saturated carbocycles. The molecule has 0 saturated heterocycles. The molecule has 0 aromatic heterocycles. The predicted molar refractivity (Wildman–Crippen MR) is 36.7 cm³/mol. The SMILES string of the molecule is NCC1CC[C@@H]1NC(=O)O. The summed E-state index contributed by atoms with van der Waals surface area (Å²) in [6.07, 6.45) is 1.05. The zero-order valence-electron chi connectivity index (χ0n) is 5.71. The van der Waals surface area contributed by atoms with Crippen LogP contribution in [-0.4, -0.2) is 23.8 Å². The summed E-state index contributed by atoms with van der Waals surface area (Å²) < 4.78 is 0. The molecule has 10 heavy (non-hydrogen) atoms. The van der Waals surface area contributed by atoms with E-state index in [-0.39, 0.29) is 6.04 Å².